The van der Waals surface area contributed by atoms with Gasteiger partial charge < -0.3 is 9.47 Å². The molecule has 0 N–H and O–H groups in total. The largest absolute Gasteiger partial charge is 0.456 e. The molecule has 0 aromatic heterocycles. The highest BCUT2D eigenvalue weighted by molar-refractivity contribution is 5.78. The van der Waals surface area contributed by atoms with Gasteiger partial charge in [0.15, 0.2) is 6.61 Å². The van der Waals surface area contributed by atoms with Crippen LogP contribution >= 0.6 is 0 Å². The van der Waals surface area contributed by atoms with Crippen LogP contribution in [0.1, 0.15) is 51.9 Å². The van der Waals surface area contributed by atoms with Crippen molar-refractivity contribution in [1.29, 1.82) is 0 Å². The molecule has 3 fully saturated rings. The van der Waals surface area contributed by atoms with Gasteiger partial charge in [-0.05, 0) is 68.6 Å². The number of esters is 2. The highest BCUT2D eigenvalue weighted by Gasteiger charge is 2.52. The Morgan fingerprint density at radius 2 is 2.04 bits per heavy atom. The molecule has 0 heterocycles. The van der Waals surface area contributed by atoms with Crippen molar-refractivity contribution in [2.75, 3.05) is 6.61 Å². The Labute approximate surface area is 137 Å². The predicted molar refractivity (Wildman–Crippen MR) is 84.4 cm³/mol. The number of fused-ring (bicyclic) bond motifs is 4. The SMILES string of the molecule is CCC1(OC(=O)COC(=O)C2CC3C=CC2C3)CC2CCC1C2. The predicted octanol–water partition coefficient (Wildman–Crippen LogP) is 3.25. The van der Waals surface area contributed by atoms with E-state index < -0.39 is 0 Å². The van der Waals surface area contributed by atoms with Gasteiger partial charge in [0.1, 0.15) is 5.60 Å². The minimum Gasteiger partial charge on any atom is -0.456 e. The Morgan fingerprint density at radius 1 is 1.17 bits per heavy atom. The third-order valence-corrected chi connectivity index (χ3v) is 6.75. The normalized spacial score (nSPS) is 43.1. The van der Waals surface area contributed by atoms with Gasteiger partial charge in [0, 0.05) is 0 Å². The highest BCUT2D eigenvalue weighted by atomic mass is 16.6. The first-order valence-electron chi connectivity index (χ1n) is 9.16. The fourth-order valence-corrected chi connectivity index (χ4v) is 5.57. The lowest BCUT2D eigenvalue weighted by Crippen LogP contribution is -2.41. The van der Waals surface area contributed by atoms with Crippen molar-refractivity contribution in [3.05, 3.63) is 12.2 Å². The highest BCUT2D eigenvalue weighted by Crippen LogP contribution is 2.54. The maximum atomic E-state index is 12.2. The summed E-state index contributed by atoms with van der Waals surface area (Å²) in [7, 11) is 0. The van der Waals surface area contributed by atoms with Crippen LogP contribution in [0.4, 0.5) is 0 Å². The molecule has 0 aliphatic heterocycles. The third-order valence-electron chi connectivity index (χ3n) is 6.75. The summed E-state index contributed by atoms with van der Waals surface area (Å²) in [6.07, 6.45) is 11.8. The van der Waals surface area contributed by atoms with E-state index in [9.17, 15) is 9.59 Å². The summed E-state index contributed by atoms with van der Waals surface area (Å²) >= 11 is 0. The van der Waals surface area contributed by atoms with E-state index in [0.717, 1.165) is 31.6 Å². The number of carbonyl (C=O) groups is 2. The molecule has 0 saturated heterocycles. The molecule has 126 valence electrons. The molecule has 0 amide bonds. The zero-order valence-corrected chi connectivity index (χ0v) is 13.8. The van der Waals surface area contributed by atoms with Crippen molar-refractivity contribution in [3.8, 4) is 0 Å². The van der Waals surface area contributed by atoms with Gasteiger partial charge in [0.25, 0.3) is 0 Å². The molecule has 0 radical (unpaired) electrons. The van der Waals surface area contributed by atoms with E-state index >= 15 is 0 Å². The Bertz CT molecular complexity index is 539. The van der Waals surface area contributed by atoms with Gasteiger partial charge in [0.05, 0.1) is 5.92 Å². The third kappa shape index (κ3) is 2.60. The van der Waals surface area contributed by atoms with Crippen LogP contribution in [-0.4, -0.2) is 24.1 Å². The molecule has 23 heavy (non-hydrogen) atoms. The lowest BCUT2D eigenvalue weighted by Gasteiger charge is -2.36. The lowest BCUT2D eigenvalue weighted by atomic mass is 9.82. The van der Waals surface area contributed by atoms with Crippen LogP contribution in [0.3, 0.4) is 0 Å². The fraction of sp³-hybridized carbons (Fsp3) is 0.789. The van der Waals surface area contributed by atoms with E-state index in [1.807, 2.05) is 0 Å². The molecule has 4 heteroatoms. The second-order valence-corrected chi connectivity index (χ2v) is 7.97. The molecule has 0 aromatic carbocycles. The summed E-state index contributed by atoms with van der Waals surface area (Å²) in [5.41, 5.74) is -0.290. The lowest BCUT2D eigenvalue weighted by molar-refractivity contribution is -0.177. The summed E-state index contributed by atoms with van der Waals surface area (Å²) in [5.74, 6) is 1.42. The average Bonchev–Trinajstić information content (AvgIpc) is 3.32. The van der Waals surface area contributed by atoms with Crippen molar-refractivity contribution in [1.82, 2.24) is 0 Å². The van der Waals surface area contributed by atoms with Gasteiger partial charge in [-0.3, -0.25) is 4.79 Å². The van der Waals surface area contributed by atoms with Crippen LogP contribution in [0.2, 0.25) is 0 Å². The molecular weight excluding hydrogens is 292 g/mol. The summed E-state index contributed by atoms with van der Waals surface area (Å²) < 4.78 is 11.1. The minimum atomic E-state index is -0.369. The van der Waals surface area contributed by atoms with Gasteiger partial charge in [-0.1, -0.05) is 19.1 Å². The van der Waals surface area contributed by atoms with Crippen LogP contribution in [0.15, 0.2) is 12.2 Å². The van der Waals surface area contributed by atoms with Crippen molar-refractivity contribution in [2.24, 2.45) is 29.6 Å². The zero-order valence-electron chi connectivity index (χ0n) is 13.8. The molecule has 6 atom stereocenters. The summed E-state index contributed by atoms with van der Waals surface area (Å²) in [6, 6.07) is 0. The summed E-state index contributed by atoms with van der Waals surface area (Å²) in [6.45, 7) is 1.87. The Balaban J connectivity index is 1.29. The monoisotopic (exact) mass is 318 g/mol. The van der Waals surface area contributed by atoms with Gasteiger partial charge in [-0.2, -0.15) is 0 Å². The second kappa shape index (κ2) is 5.64. The molecule has 4 nitrogen and oxygen atoms in total. The second-order valence-electron chi connectivity index (χ2n) is 7.97. The summed E-state index contributed by atoms with van der Waals surface area (Å²) in [4.78, 5) is 24.4. The fourth-order valence-electron chi connectivity index (χ4n) is 5.57. The average molecular weight is 318 g/mol. The number of ether oxygens (including phenoxy) is 2. The Hall–Kier alpha value is -1.32. The maximum absolute atomic E-state index is 12.2. The molecule has 4 aliphatic carbocycles. The molecule has 4 bridgehead atoms. The van der Waals surface area contributed by atoms with Crippen LogP contribution in [0.5, 0.6) is 0 Å². The number of hydrogen-bond donors (Lipinski definition) is 0. The first kappa shape index (κ1) is 15.2. The molecular formula is C19H26O4. The number of hydrogen-bond acceptors (Lipinski definition) is 4. The van der Waals surface area contributed by atoms with E-state index in [1.54, 1.807) is 0 Å². The minimum absolute atomic E-state index is 0.0552. The molecule has 6 unspecified atom stereocenters. The topological polar surface area (TPSA) is 52.6 Å². The molecule has 4 rings (SSSR count). The van der Waals surface area contributed by atoms with Crippen molar-refractivity contribution in [2.45, 2.75) is 57.5 Å². The standard InChI is InChI=1S/C19H26O4/c1-2-19(10-13-4-6-15(19)8-13)23-17(20)11-22-18(21)16-9-12-3-5-14(16)7-12/h3,5,12-16H,2,4,6-11H2,1H3. The van der Waals surface area contributed by atoms with Gasteiger partial charge in [0.2, 0.25) is 0 Å². The Kier molecular flexibility index (Phi) is 3.73. The van der Waals surface area contributed by atoms with E-state index in [1.165, 1.54) is 19.3 Å². The zero-order chi connectivity index (χ0) is 16.0. The van der Waals surface area contributed by atoms with E-state index in [0.29, 0.717) is 17.8 Å². The van der Waals surface area contributed by atoms with Crippen molar-refractivity contribution in [3.63, 3.8) is 0 Å². The smallest absolute Gasteiger partial charge is 0.344 e. The van der Waals surface area contributed by atoms with Gasteiger partial charge in [-0.25, -0.2) is 4.79 Å². The number of rotatable bonds is 5. The van der Waals surface area contributed by atoms with Crippen LogP contribution in [-0.2, 0) is 19.1 Å². The van der Waals surface area contributed by atoms with Crippen molar-refractivity contribution >= 4 is 11.9 Å². The summed E-state index contributed by atoms with van der Waals surface area (Å²) in [5, 5.41) is 0. The van der Waals surface area contributed by atoms with Crippen molar-refractivity contribution < 1.29 is 19.1 Å². The van der Waals surface area contributed by atoms with Gasteiger partial charge in [-0.15, -0.1) is 0 Å². The molecule has 4 aliphatic rings. The first-order valence-corrected chi connectivity index (χ1v) is 9.16. The number of carbonyl (C=O) groups excluding carboxylic acids is 2. The molecule has 0 spiro atoms. The molecule has 0 aromatic rings. The number of allylic oxidation sites excluding steroid dienone is 2. The van der Waals surface area contributed by atoms with Crippen LogP contribution in [0.25, 0.3) is 0 Å². The Morgan fingerprint density at radius 3 is 2.61 bits per heavy atom. The van der Waals surface area contributed by atoms with E-state index in [-0.39, 0.29) is 30.1 Å². The first-order chi connectivity index (χ1) is 11.1. The van der Waals surface area contributed by atoms with Gasteiger partial charge >= 0.3 is 11.9 Å². The van der Waals surface area contributed by atoms with E-state index in [2.05, 4.69) is 19.1 Å². The molecule has 3 saturated carbocycles. The maximum Gasteiger partial charge on any atom is 0.344 e. The van der Waals surface area contributed by atoms with Crippen LogP contribution < -0.4 is 0 Å². The van der Waals surface area contributed by atoms with Crippen LogP contribution in [0, 0.1) is 29.6 Å². The quantitative estimate of drug-likeness (QED) is 0.577. The van der Waals surface area contributed by atoms with E-state index in [4.69, 9.17) is 9.47 Å².